The van der Waals surface area contributed by atoms with Gasteiger partial charge in [-0.05, 0) is 67.1 Å². The van der Waals surface area contributed by atoms with Gasteiger partial charge in [-0.1, -0.05) is 25.4 Å². The summed E-state index contributed by atoms with van der Waals surface area (Å²) < 4.78 is 6.51. The van der Waals surface area contributed by atoms with Crippen molar-refractivity contribution < 1.29 is 5.11 Å². The number of thiophene rings is 1. The summed E-state index contributed by atoms with van der Waals surface area (Å²) in [6, 6.07) is 8.67. The van der Waals surface area contributed by atoms with E-state index in [4.69, 9.17) is 11.6 Å². The third-order valence-electron chi connectivity index (χ3n) is 4.73. The molecule has 0 saturated carbocycles. The van der Waals surface area contributed by atoms with Gasteiger partial charge in [0.2, 0.25) is 0 Å². The van der Waals surface area contributed by atoms with Gasteiger partial charge in [0.05, 0.1) is 11.6 Å². The predicted molar refractivity (Wildman–Crippen MR) is 130 cm³/mol. The standard InChI is InChI=1S/C22H28ClN3OS2/c1-14(2)25-29-26-17-5-6-18(19(23)11-17)20-9-16(12-28-20)15-7-8-24-21(10-15)22(3,4)13-27/h5-6,9-12,14,25-27H,7-8,13H2,1-4H3. The van der Waals surface area contributed by atoms with Gasteiger partial charge in [0.15, 0.2) is 0 Å². The molecule has 1 aliphatic heterocycles. The first-order valence-corrected chi connectivity index (χ1v) is 11.8. The summed E-state index contributed by atoms with van der Waals surface area (Å²) in [5, 5.41) is 12.6. The Balaban J connectivity index is 1.77. The normalized spacial score (nSPS) is 14.7. The zero-order chi connectivity index (χ0) is 21.0. The zero-order valence-electron chi connectivity index (χ0n) is 17.3. The first kappa shape index (κ1) is 22.4. The molecule has 2 heterocycles. The van der Waals surface area contributed by atoms with Crippen LogP contribution in [-0.2, 0) is 0 Å². The van der Waals surface area contributed by atoms with E-state index in [1.165, 1.54) is 23.3 Å². The number of halogens is 1. The molecule has 3 N–H and O–H groups in total. The van der Waals surface area contributed by atoms with Crippen LogP contribution in [0.3, 0.4) is 0 Å². The Bertz CT molecular complexity index is 919. The molecule has 7 heteroatoms. The summed E-state index contributed by atoms with van der Waals surface area (Å²) in [6.07, 6.45) is 3.05. The summed E-state index contributed by atoms with van der Waals surface area (Å²) in [5.41, 5.74) is 5.13. The number of hydrogen-bond acceptors (Lipinski definition) is 6. The van der Waals surface area contributed by atoms with Crippen LogP contribution in [0.15, 0.2) is 40.7 Å². The van der Waals surface area contributed by atoms with Crippen LogP contribution in [0.2, 0.25) is 5.02 Å². The van der Waals surface area contributed by atoms with Gasteiger partial charge in [0.25, 0.3) is 0 Å². The fourth-order valence-electron chi connectivity index (χ4n) is 2.93. The summed E-state index contributed by atoms with van der Waals surface area (Å²) in [7, 11) is 0. The van der Waals surface area contributed by atoms with E-state index in [0.29, 0.717) is 6.04 Å². The highest BCUT2D eigenvalue weighted by atomic mass is 35.5. The van der Waals surface area contributed by atoms with Crippen LogP contribution in [0, 0.1) is 5.41 Å². The highest BCUT2D eigenvalue weighted by Crippen LogP contribution is 2.38. The molecule has 29 heavy (non-hydrogen) atoms. The monoisotopic (exact) mass is 449 g/mol. The van der Waals surface area contributed by atoms with Crippen molar-refractivity contribution in [1.82, 2.24) is 4.72 Å². The second-order valence-corrected chi connectivity index (χ2v) is 10.1. The molecule has 0 spiro atoms. The van der Waals surface area contributed by atoms with Crippen molar-refractivity contribution >= 4 is 52.0 Å². The van der Waals surface area contributed by atoms with E-state index in [9.17, 15) is 5.11 Å². The van der Waals surface area contributed by atoms with E-state index in [1.807, 2.05) is 26.0 Å². The summed E-state index contributed by atoms with van der Waals surface area (Å²) in [4.78, 5) is 5.77. The summed E-state index contributed by atoms with van der Waals surface area (Å²) in [5.74, 6) is 0. The van der Waals surface area contributed by atoms with E-state index >= 15 is 0 Å². The Hall–Kier alpha value is -1.31. The number of dihydropyridines is 1. The van der Waals surface area contributed by atoms with Gasteiger partial charge < -0.3 is 9.83 Å². The van der Waals surface area contributed by atoms with Gasteiger partial charge in [-0.15, -0.1) is 11.3 Å². The number of nitrogens with one attached hydrogen (secondary N) is 2. The lowest BCUT2D eigenvalue weighted by Gasteiger charge is -2.25. The van der Waals surface area contributed by atoms with Crippen molar-refractivity contribution in [1.29, 1.82) is 0 Å². The Kier molecular flexibility index (Phi) is 7.46. The van der Waals surface area contributed by atoms with Gasteiger partial charge in [-0.2, -0.15) is 0 Å². The number of rotatable bonds is 8. The van der Waals surface area contributed by atoms with Gasteiger partial charge in [0.1, 0.15) is 0 Å². The highest BCUT2D eigenvalue weighted by Gasteiger charge is 2.25. The lowest BCUT2D eigenvalue weighted by atomic mass is 9.85. The SMILES string of the molecule is CC(C)NSNc1ccc(-c2cc(C3=CC(C(C)(C)CO)=NCC3)cs2)c(Cl)c1. The zero-order valence-corrected chi connectivity index (χ0v) is 19.6. The van der Waals surface area contributed by atoms with Crippen LogP contribution in [0.5, 0.6) is 0 Å². The van der Waals surface area contributed by atoms with Crippen molar-refractivity contribution in [2.45, 2.75) is 40.2 Å². The number of aliphatic hydroxyl groups excluding tert-OH is 1. The predicted octanol–water partition coefficient (Wildman–Crippen LogP) is 6.29. The number of allylic oxidation sites excluding steroid dienone is 1. The molecule has 0 aliphatic carbocycles. The van der Waals surface area contributed by atoms with Gasteiger partial charge in [-0.25, -0.2) is 4.72 Å². The summed E-state index contributed by atoms with van der Waals surface area (Å²) >= 11 is 9.74. The molecule has 0 radical (unpaired) electrons. The van der Waals surface area contributed by atoms with E-state index < -0.39 is 0 Å². The lowest BCUT2D eigenvalue weighted by Crippen LogP contribution is -2.28. The summed E-state index contributed by atoms with van der Waals surface area (Å²) in [6.45, 7) is 9.09. The van der Waals surface area contributed by atoms with E-state index in [0.717, 1.165) is 39.8 Å². The molecule has 0 fully saturated rings. The highest BCUT2D eigenvalue weighted by molar-refractivity contribution is 7.98. The van der Waals surface area contributed by atoms with Crippen molar-refractivity contribution in [3.05, 3.63) is 46.3 Å². The maximum Gasteiger partial charge on any atom is 0.0537 e. The quantitative estimate of drug-likeness (QED) is 0.414. The Morgan fingerprint density at radius 1 is 1.31 bits per heavy atom. The first-order valence-electron chi connectivity index (χ1n) is 9.73. The molecule has 0 unspecified atom stereocenters. The van der Waals surface area contributed by atoms with Crippen molar-refractivity contribution in [3.8, 4) is 10.4 Å². The molecule has 156 valence electrons. The Morgan fingerprint density at radius 3 is 2.79 bits per heavy atom. The number of hydrogen-bond donors (Lipinski definition) is 3. The third kappa shape index (κ3) is 5.64. The van der Waals surface area contributed by atoms with Crippen LogP contribution in [0.1, 0.15) is 39.7 Å². The fourth-order valence-corrected chi connectivity index (χ4v) is 4.78. The first-order chi connectivity index (χ1) is 13.8. The molecule has 0 atom stereocenters. The van der Waals surface area contributed by atoms with Crippen molar-refractivity contribution in [2.24, 2.45) is 10.4 Å². The van der Waals surface area contributed by atoms with Gasteiger partial charge in [0, 0.05) is 52.0 Å². The van der Waals surface area contributed by atoms with E-state index in [1.54, 1.807) is 11.3 Å². The topological polar surface area (TPSA) is 56.6 Å². The number of nitrogens with zero attached hydrogens (tertiary/aromatic N) is 1. The van der Waals surface area contributed by atoms with Crippen LogP contribution in [0.4, 0.5) is 5.69 Å². The van der Waals surface area contributed by atoms with Gasteiger partial charge in [-0.3, -0.25) is 4.99 Å². The van der Waals surface area contributed by atoms with Crippen molar-refractivity contribution in [3.63, 3.8) is 0 Å². The molecule has 1 aromatic carbocycles. The molecule has 0 saturated heterocycles. The average molecular weight is 450 g/mol. The maximum atomic E-state index is 9.66. The van der Waals surface area contributed by atoms with E-state index in [2.05, 4.69) is 51.9 Å². The minimum absolute atomic E-state index is 0.0888. The molecule has 1 aliphatic rings. The van der Waals surface area contributed by atoms with Gasteiger partial charge >= 0.3 is 0 Å². The molecule has 2 aromatic rings. The molecular formula is C22H28ClN3OS2. The molecule has 0 bridgehead atoms. The van der Waals surface area contributed by atoms with Crippen LogP contribution in [-0.4, -0.2) is 30.0 Å². The number of anilines is 1. The fraction of sp³-hybridized carbons (Fsp3) is 0.409. The second kappa shape index (κ2) is 9.67. The van der Waals surface area contributed by atoms with E-state index in [-0.39, 0.29) is 12.0 Å². The number of benzene rings is 1. The minimum Gasteiger partial charge on any atom is -0.395 e. The lowest BCUT2D eigenvalue weighted by molar-refractivity contribution is 0.213. The molecule has 0 amide bonds. The van der Waals surface area contributed by atoms with Crippen LogP contribution >= 0.6 is 35.1 Å². The average Bonchev–Trinajstić information content (AvgIpc) is 3.18. The molecule has 4 nitrogen and oxygen atoms in total. The number of aliphatic hydroxyl groups is 1. The largest absolute Gasteiger partial charge is 0.395 e. The Morgan fingerprint density at radius 2 is 2.10 bits per heavy atom. The minimum atomic E-state index is -0.320. The Labute approximate surface area is 186 Å². The second-order valence-electron chi connectivity index (χ2n) is 8.10. The molecule has 1 aromatic heterocycles. The third-order valence-corrected chi connectivity index (χ3v) is 6.93. The van der Waals surface area contributed by atoms with Crippen LogP contribution in [0.25, 0.3) is 16.0 Å². The smallest absolute Gasteiger partial charge is 0.0537 e. The maximum absolute atomic E-state index is 9.66. The van der Waals surface area contributed by atoms with Crippen LogP contribution < -0.4 is 9.44 Å². The molecular weight excluding hydrogens is 422 g/mol. The molecule has 3 rings (SSSR count). The number of aliphatic imine (C=N–C) groups is 1. The van der Waals surface area contributed by atoms with Crippen molar-refractivity contribution in [2.75, 3.05) is 17.9 Å².